The number of amides is 1. The predicted octanol–water partition coefficient (Wildman–Crippen LogP) is 3.49. The van der Waals surface area contributed by atoms with Gasteiger partial charge in [-0.25, -0.2) is 8.42 Å². The van der Waals surface area contributed by atoms with Gasteiger partial charge in [0.05, 0.1) is 15.1 Å². The first-order valence-corrected chi connectivity index (χ1v) is 11.3. The van der Waals surface area contributed by atoms with Crippen molar-refractivity contribution < 1.29 is 13.2 Å². The van der Waals surface area contributed by atoms with Crippen LogP contribution in [-0.4, -0.2) is 36.3 Å². The van der Waals surface area contributed by atoms with Crippen LogP contribution in [0.15, 0.2) is 58.4 Å². The molecule has 0 atom stereocenters. The minimum absolute atomic E-state index is 0.154. The minimum atomic E-state index is -3.58. The summed E-state index contributed by atoms with van der Waals surface area (Å²) in [6.45, 7) is 6.33. The third-order valence-electron chi connectivity index (χ3n) is 4.61. The van der Waals surface area contributed by atoms with E-state index in [4.69, 9.17) is 0 Å². The minimum Gasteiger partial charge on any atom is -0.317 e. The number of thiazole rings is 1. The molecule has 3 rings (SSSR count). The molecule has 0 spiro atoms. The lowest BCUT2D eigenvalue weighted by molar-refractivity contribution is 0.0997. The molecule has 0 aliphatic rings. The quantitative estimate of drug-likeness (QED) is 0.638. The molecule has 0 radical (unpaired) electrons. The number of benzene rings is 2. The molecule has 1 amide bonds. The third kappa shape index (κ3) is 3.80. The largest absolute Gasteiger partial charge is 0.317 e. The first kappa shape index (κ1) is 20.4. The van der Waals surface area contributed by atoms with Crippen molar-refractivity contribution in [3.8, 4) is 0 Å². The van der Waals surface area contributed by atoms with Crippen LogP contribution in [0.3, 0.4) is 0 Å². The predicted molar refractivity (Wildman–Crippen MR) is 112 cm³/mol. The highest BCUT2D eigenvalue weighted by Gasteiger charge is 2.23. The summed E-state index contributed by atoms with van der Waals surface area (Å²) in [7, 11) is -2.04. The topological polar surface area (TPSA) is 71.7 Å². The molecule has 8 heteroatoms. The van der Waals surface area contributed by atoms with Crippen LogP contribution in [0, 0.1) is 0 Å². The number of carbonyl (C=O) groups is 1. The number of carbonyl (C=O) groups excluding carboxylic acids is 1. The van der Waals surface area contributed by atoms with Gasteiger partial charge in [-0.1, -0.05) is 23.5 Å². The van der Waals surface area contributed by atoms with Crippen molar-refractivity contribution in [2.24, 2.45) is 4.99 Å². The lowest BCUT2D eigenvalue weighted by atomic mass is 10.2. The summed E-state index contributed by atoms with van der Waals surface area (Å²) in [6.07, 6.45) is 0. The van der Waals surface area contributed by atoms with Crippen molar-refractivity contribution in [2.75, 3.05) is 7.05 Å². The van der Waals surface area contributed by atoms with Crippen LogP contribution >= 0.6 is 11.3 Å². The Hall–Kier alpha value is -2.29. The van der Waals surface area contributed by atoms with Crippen molar-refractivity contribution in [3.63, 3.8) is 0 Å². The molecule has 0 aliphatic carbocycles. The Morgan fingerprint density at radius 2 is 1.79 bits per heavy atom. The van der Waals surface area contributed by atoms with E-state index in [-0.39, 0.29) is 10.9 Å². The molecule has 0 unspecified atom stereocenters. The lowest BCUT2D eigenvalue weighted by Crippen LogP contribution is -2.33. The molecule has 0 N–H and O–H groups in total. The van der Waals surface area contributed by atoms with Gasteiger partial charge in [-0.15, -0.1) is 0 Å². The van der Waals surface area contributed by atoms with E-state index >= 15 is 0 Å². The van der Waals surface area contributed by atoms with Crippen LogP contribution in [0.4, 0.5) is 0 Å². The Morgan fingerprint density at radius 1 is 1.14 bits per heavy atom. The zero-order chi connectivity index (χ0) is 20.5. The zero-order valence-electron chi connectivity index (χ0n) is 16.3. The number of hydrogen-bond donors (Lipinski definition) is 0. The molecule has 0 saturated heterocycles. The number of nitrogens with zero attached hydrogens (tertiary/aromatic N) is 3. The monoisotopic (exact) mass is 417 g/mol. The second kappa shape index (κ2) is 7.98. The molecule has 6 nitrogen and oxygen atoms in total. The van der Waals surface area contributed by atoms with E-state index in [0.29, 0.717) is 16.9 Å². The fourth-order valence-corrected chi connectivity index (χ4v) is 5.24. The number of para-hydroxylation sites is 1. The van der Waals surface area contributed by atoms with Crippen molar-refractivity contribution in [1.29, 1.82) is 0 Å². The second-order valence-electron chi connectivity index (χ2n) is 6.65. The number of rotatable bonds is 5. The molecule has 2 aromatic carbocycles. The van der Waals surface area contributed by atoms with E-state index in [2.05, 4.69) is 4.99 Å². The van der Waals surface area contributed by atoms with Crippen molar-refractivity contribution in [3.05, 3.63) is 58.9 Å². The fraction of sp³-hybridized carbons (Fsp3) is 0.300. The smallest absolute Gasteiger partial charge is 0.279 e. The molecule has 0 bridgehead atoms. The van der Waals surface area contributed by atoms with Crippen LogP contribution in [0.25, 0.3) is 10.2 Å². The molecule has 1 aromatic heterocycles. The third-order valence-corrected chi connectivity index (χ3v) is 7.71. The average molecular weight is 418 g/mol. The molecule has 0 aliphatic heterocycles. The molecule has 0 fully saturated rings. The Morgan fingerprint density at radius 3 is 2.39 bits per heavy atom. The Bertz CT molecular complexity index is 1170. The highest BCUT2D eigenvalue weighted by Crippen LogP contribution is 2.19. The Balaban J connectivity index is 1.96. The van der Waals surface area contributed by atoms with Crippen LogP contribution < -0.4 is 4.80 Å². The summed E-state index contributed by atoms with van der Waals surface area (Å²) in [6, 6.07) is 13.7. The van der Waals surface area contributed by atoms with Crippen molar-refractivity contribution in [1.82, 2.24) is 8.87 Å². The average Bonchev–Trinajstić information content (AvgIpc) is 3.04. The van der Waals surface area contributed by atoms with E-state index in [1.807, 2.05) is 49.6 Å². The number of aryl methyl sites for hydroxylation is 1. The number of aromatic nitrogens is 1. The van der Waals surface area contributed by atoms with Gasteiger partial charge in [0.2, 0.25) is 10.0 Å². The molecule has 1 heterocycles. The van der Waals surface area contributed by atoms with E-state index in [1.54, 1.807) is 7.05 Å². The van der Waals surface area contributed by atoms with Gasteiger partial charge in [-0.3, -0.25) is 4.79 Å². The van der Waals surface area contributed by atoms with Gasteiger partial charge >= 0.3 is 0 Å². The van der Waals surface area contributed by atoms with Crippen LogP contribution in [0.1, 0.15) is 31.1 Å². The summed E-state index contributed by atoms with van der Waals surface area (Å²) < 4.78 is 29.4. The standard InChI is InChI=1S/C20H23N3O3S2/c1-5-23-17-8-6-7-9-18(17)27-20(23)21-19(24)15-10-12-16(13-11-15)28(25,26)22(4)14(2)3/h6-14H,5H2,1-4H3. The van der Waals surface area contributed by atoms with Gasteiger partial charge in [-0.2, -0.15) is 9.30 Å². The van der Waals surface area contributed by atoms with Crippen LogP contribution in [0.5, 0.6) is 0 Å². The first-order chi connectivity index (χ1) is 13.3. The Kier molecular flexibility index (Phi) is 5.83. The number of hydrogen-bond acceptors (Lipinski definition) is 4. The number of fused-ring (bicyclic) bond motifs is 1. The van der Waals surface area contributed by atoms with Crippen LogP contribution in [-0.2, 0) is 16.6 Å². The summed E-state index contributed by atoms with van der Waals surface area (Å²) in [5.41, 5.74) is 1.39. The molecular weight excluding hydrogens is 394 g/mol. The summed E-state index contributed by atoms with van der Waals surface area (Å²) in [4.78, 5) is 17.7. The molecule has 28 heavy (non-hydrogen) atoms. The number of sulfonamides is 1. The maximum atomic E-state index is 12.6. The van der Waals surface area contributed by atoms with Gasteiger partial charge < -0.3 is 4.57 Å². The molecule has 3 aromatic rings. The molecule has 0 saturated carbocycles. The van der Waals surface area contributed by atoms with Crippen molar-refractivity contribution in [2.45, 2.75) is 38.3 Å². The van der Waals surface area contributed by atoms with E-state index < -0.39 is 15.9 Å². The maximum absolute atomic E-state index is 12.6. The molecule has 148 valence electrons. The normalized spacial score (nSPS) is 13.0. The highest BCUT2D eigenvalue weighted by atomic mass is 32.2. The second-order valence-corrected chi connectivity index (χ2v) is 9.66. The van der Waals surface area contributed by atoms with Crippen LogP contribution in [0.2, 0.25) is 0 Å². The van der Waals surface area contributed by atoms with Gasteiger partial charge in [0, 0.05) is 25.2 Å². The van der Waals surface area contributed by atoms with E-state index in [1.165, 1.54) is 39.9 Å². The van der Waals surface area contributed by atoms with E-state index in [0.717, 1.165) is 10.2 Å². The van der Waals surface area contributed by atoms with Gasteiger partial charge in [0.15, 0.2) is 4.80 Å². The maximum Gasteiger partial charge on any atom is 0.279 e. The Labute approximate surface area is 168 Å². The summed E-state index contributed by atoms with van der Waals surface area (Å²) in [5.74, 6) is -0.394. The van der Waals surface area contributed by atoms with E-state index in [9.17, 15) is 13.2 Å². The summed E-state index contributed by atoms with van der Waals surface area (Å²) >= 11 is 1.46. The zero-order valence-corrected chi connectivity index (χ0v) is 17.9. The fourth-order valence-electron chi connectivity index (χ4n) is 2.78. The summed E-state index contributed by atoms with van der Waals surface area (Å²) in [5, 5.41) is 0. The van der Waals surface area contributed by atoms with Gasteiger partial charge in [0.25, 0.3) is 5.91 Å². The SMILES string of the molecule is CCn1c(=NC(=O)c2ccc(S(=O)(=O)N(C)C(C)C)cc2)sc2ccccc21. The van der Waals surface area contributed by atoms with Gasteiger partial charge in [-0.05, 0) is 57.2 Å². The van der Waals surface area contributed by atoms with Crippen molar-refractivity contribution >= 4 is 37.5 Å². The molecular formula is C20H23N3O3S2. The highest BCUT2D eigenvalue weighted by molar-refractivity contribution is 7.89. The van der Waals surface area contributed by atoms with Gasteiger partial charge in [0.1, 0.15) is 0 Å². The lowest BCUT2D eigenvalue weighted by Gasteiger charge is -2.20. The first-order valence-electron chi connectivity index (χ1n) is 9.01.